The Labute approximate surface area is 99.2 Å². The normalized spacial score (nSPS) is 13.0. The van der Waals surface area contributed by atoms with Gasteiger partial charge in [0.2, 0.25) is 0 Å². The van der Waals surface area contributed by atoms with Crippen LogP contribution in [0.1, 0.15) is 31.7 Å². The summed E-state index contributed by atoms with van der Waals surface area (Å²) in [4.78, 5) is 0. The van der Waals surface area contributed by atoms with Crippen molar-refractivity contribution in [3.05, 3.63) is 35.9 Å². The van der Waals surface area contributed by atoms with Crippen LogP contribution in [0.5, 0.6) is 0 Å². The molecule has 1 unspecified atom stereocenters. The molecule has 1 atom stereocenters. The number of benzene rings is 1. The van der Waals surface area contributed by atoms with Crippen molar-refractivity contribution in [1.82, 2.24) is 5.32 Å². The first-order valence-corrected chi connectivity index (χ1v) is 6.21. The maximum Gasteiger partial charge on any atom is 0.00226 e. The van der Waals surface area contributed by atoms with Crippen molar-refractivity contribution >= 4 is 0 Å². The van der Waals surface area contributed by atoms with Crippen molar-refractivity contribution in [2.75, 3.05) is 19.6 Å². The van der Waals surface area contributed by atoms with Crippen molar-refractivity contribution < 1.29 is 0 Å². The molecule has 1 rings (SSSR count). The lowest BCUT2D eigenvalue weighted by Crippen LogP contribution is -2.26. The molecule has 0 aliphatic carbocycles. The van der Waals surface area contributed by atoms with Crippen LogP contribution in [-0.2, 0) is 0 Å². The minimum absolute atomic E-state index is 0.596. The van der Waals surface area contributed by atoms with Gasteiger partial charge in [0, 0.05) is 6.54 Å². The lowest BCUT2D eigenvalue weighted by molar-refractivity contribution is 0.460. The van der Waals surface area contributed by atoms with Gasteiger partial charge in [-0.3, -0.25) is 0 Å². The van der Waals surface area contributed by atoms with E-state index in [1.807, 2.05) is 0 Å². The Hall–Kier alpha value is -0.860. The van der Waals surface area contributed by atoms with Crippen LogP contribution < -0.4 is 11.1 Å². The van der Waals surface area contributed by atoms with Gasteiger partial charge in [-0.1, -0.05) is 44.2 Å². The molecular formula is C14H24N2. The molecule has 1 aromatic carbocycles. The SMILES string of the molecule is CC(C)C(CNCCCN)c1ccccc1. The third-order valence-corrected chi connectivity index (χ3v) is 2.95. The van der Waals surface area contributed by atoms with E-state index in [0.717, 1.165) is 26.1 Å². The van der Waals surface area contributed by atoms with Gasteiger partial charge in [0.15, 0.2) is 0 Å². The molecule has 0 saturated carbocycles. The van der Waals surface area contributed by atoms with Crippen molar-refractivity contribution in [2.45, 2.75) is 26.2 Å². The van der Waals surface area contributed by atoms with Crippen molar-refractivity contribution in [3.8, 4) is 0 Å². The number of nitrogens with two attached hydrogens (primary N) is 1. The average molecular weight is 220 g/mol. The molecule has 2 heteroatoms. The molecule has 90 valence electrons. The Kier molecular flexibility index (Phi) is 6.12. The van der Waals surface area contributed by atoms with Crippen LogP contribution in [-0.4, -0.2) is 19.6 Å². The van der Waals surface area contributed by atoms with Gasteiger partial charge in [0.25, 0.3) is 0 Å². The van der Waals surface area contributed by atoms with E-state index in [9.17, 15) is 0 Å². The average Bonchev–Trinajstić information content (AvgIpc) is 2.30. The molecule has 0 fully saturated rings. The standard InChI is InChI=1S/C14H24N2/c1-12(2)14(11-16-10-6-9-15)13-7-4-3-5-8-13/h3-5,7-8,12,14,16H,6,9-11,15H2,1-2H3. The van der Waals surface area contributed by atoms with E-state index in [1.54, 1.807) is 0 Å². The fourth-order valence-electron chi connectivity index (χ4n) is 1.92. The number of nitrogens with one attached hydrogen (secondary N) is 1. The molecular weight excluding hydrogens is 196 g/mol. The lowest BCUT2D eigenvalue weighted by atomic mass is 9.88. The van der Waals surface area contributed by atoms with Crippen LogP contribution in [0, 0.1) is 5.92 Å². The van der Waals surface area contributed by atoms with Crippen molar-refractivity contribution in [1.29, 1.82) is 0 Å². The number of hydrogen-bond acceptors (Lipinski definition) is 2. The maximum absolute atomic E-state index is 5.48. The van der Waals surface area contributed by atoms with E-state index in [2.05, 4.69) is 49.5 Å². The first kappa shape index (κ1) is 13.2. The summed E-state index contributed by atoms with van der Waals surface area (Å²) in [6, 6.07) is 10.7. The van der Waals surface area contributed by atoms with Crippen LogP contribution >= 0.6 is 0 Å². The Morgan fingerprint density at radius 1 is 1.19 bits per heavy atom. The van der Waals surface area contributed by atoms with Crippen LogP contribution in [0.2, 0.25) is 0 Å². The molecule has 0 radical (unpaired) electrons. The first-order chi connectivity index (χ1) is 7.75. The Balaban J connectivity index is 2.49. The van der Waals surface area contributed by atoms with Gasteiger partial charge in [0.1, 0.15) is 0 Å². The van der Waals surface area contributed by atoms with E-state index >= 15 is 0 Å². The minimum atomic E-state index is 0.596. The van der Waals surface area contributed by atoms with Crippen LogP contribution in [0.25, 0.3) is 0 Å². The monoisotopic (exact) mass is 220 g/mol. The molecule has 1 aromatic rings. The molecule has 3 N–H and O–H groups in total. The second kappa shape index (κ2) is 7.42. The highest BCUT2D eigenvalue weighted by Crippen LogP contribution is 2.23. The fourth-order valence-corrected chi connectivity index (χ4v) is 1.92. The third kappa shape index (κ3) is 4.33. The zero-order valence-corrected chi connectivity index (χ0v) is 10.4. The topological polar surface area (TPSA) is 38.0 Å². The Morgan fingerprint density at radius 3 is 2.44 bits per heavy atom. The van der Waals surface area contributed by atoms with E-state index in [4.69, 9.17) is 5.73 Å². The molecule has 0 aliphatic heterocycles. The molecule has 0 spiro atoms. The van der Waals surface area contributed by atoms with Gasteiger partial charge in [-0.25, -0.2) is 0 Å². The molecule has 0 aromatic heterocycles. The summed E-state index contributed by atoms with van der Waals surface area (Å²) in [5.41, 5.74) is 6.90. The molecule has 2 nitrogen and oxygen atoms in total. The highest BCUT2D eigenvalue weighted by Gasteiger charge is 2.14. The summed E-state index contributed by atoms with van der Waals surface area (Å²) < 4.78 is 0. The van der Waals surface area contributed by atoms with Crippen molar-refractivity contribution in [2.24, 2.45) is 11.7 Å². The number of rotatable bonds is 7. The van der Waals surface area contributed by atoms with Gasteiger partial charge in [-0.15, -0.1) is 0 Å². The summed E-state index contributed by atoms with van der Waals surface area (Å²) >= 11 is 0. The van der Waals surface area contributed by atoms with Gasteiger partial charge < -0.3 is 11.1 Å². The summed E-state index contributed by atoms with van der Waals surface area (Å²) in [6.07, 6.45) is 1.06. The second-order valence-electron chi connectivity index (χ2n) is 4.61. The van der Waals surface area contributed by atoms with E-state index < -0.39 is 0 Å². The second-order valence-corrected chi connectivity index (χ2v) is 4.61. The van der Waals surface area contributed by atoms with Gasteiger partial charge >= 0.3 is 0 Å². The third-order valence-electron chi connectivity index (χ3n) is 2.95. The van der Waals surface area contributed by atoms with E-state index in [1.165, 1.54) is 5.56 Å². The predicted octanol–water partition coefficient (Wildman–Crippen LogP) is 2.36. The van der Waals surface area contributed by atoms with Gasteiger partial charge in [0.05, 0.1) is 0 Å². The summed E-state index contributed by atoms with van der Waals surface area (Å²) in [5.74, 6) is 1.26. The summed E-state index contributed by atoms with van der Waals surface area (Å²) in [6.45, 7) is 7.39. The smallest absolute Gasteiger partial charge is 0.00226 e. The maximum atomic E-state index is 5.48. The quantitative estimate of drug-likeness (QED) is 0.692. The predicted molar refractivity (Wildman–Crippen MR) is 70.6 cm³/mol. The lowest BCUT2D eigenvalue weighted by Gasteiger charge is -2.21. The highest BCUT2D eigenvalue weighted by molar-refractivity contribution is 5.20. The molecule has 0 amide bonds. The number of hydrogen-bond donors (Lipinski definition) is 2. The van der Waals surface area contributed by atoms with E-state index in [-0.39, 0.29) is 0 Å². The fraction of sp³-hybridized carbons (Fsp3) is 0.571. The van der Waals surface area contributed by atoms with E-state index in [0.29, 0.717) is 11.8 Å². The van der Waals surface area contributed by atoms with Crippen LogP contribution in [0.3, 0.4) is 0 Å². The van der Waals surface area contributed by atoms with Crippen LogP contribution in [0.4, 0.5) is 0 Å². The molecule has 16 heavy (non-hydrogen) atoms. The van der Waals surface area contributed by atoms with Gasteiger partial charge in [-0.05, 0) is 36.9 Å². The van der Waals surface area contributed by atoms with Crippen molar-refractivity contribution in [3.63, 3.8) is 0 Å². The van der Waals surface area contributed by atoms with Crippen LogP contribution in [0.15, 0.2) is 30.3 Å². The molecule has 0 aliphatic rings. The highest BCUT2D eigenvalue weighted by atomic mass is 14.9. The largest absolute Gasteiger partial charge is 0.330 e. The Bertz CT molecular complexity index is 269. The van der Waals surface area contributed by atoms with Gasteiger partial charge in [-0.2, -0.15) is 0 Å². The summed E-state index contributed by atoms with van der Waals surface area (Å²) in [5, 5.41) is 3.49. The first-order valence-electron chi connectivity index (χ1n) is 6.21. The zero-order chi connectivity index (χ0) is 11.8. The minimum Gasteiger partial charge on any atom is -0.330 e. The Morgan fingerprint density at radius 2 is 1.88 bits per heavy atom. The molecule has 0 heterocycles. The summed E-state index contributed by atoms with van der Waals surface area (Å²) in [7, 11) is 0. The molecule has 0 saturated heterocycles. The molecule has 0 bridgehead atoms. The zero-order valence-electron chi connectivity index (χ0n) is 10.4.